The maximum atomic E-state index is 12.3. The van der Waals surface area contributed by atoms with E-state index in [1.54, 1.807) is 0 Å². The van der Waals surface area contributed by atoms with Crippen molar-refractivity contribution in [2.24, 2.45) is 0 Å². The van der Waals surface area contributed by atoms with Crippen LogP contribution in [0, 0.1) is 0 Å². The number of hydrogen-bond acceptors (Lipinski definition) is 6. The number of hydrogen-bond donors (Lipinski definition) is 1. The Balaban J connectivity index is 1.96. The minimum atomic E-state index is -3.09. The Morgan fingerprint density at radius 1 is 1.08 bits per heavy atom. The Morgan fingerprint density at radius 2 is 1.77 bits per heavy atom. The first kappa shape index (κ1) is 19.0. The van der Waals surface area contributed by atoms with Crippen LogP contribution >= 0.6 is 23.5 Å². The second-order valence-corrected chi connectivity index (χ2v) is 8.82. The summed E-state index contributed by atoms with van der Waals surface area (Å²) in [7, 11) is 1.53. The fourth-order valence-electron chi connectivity index (χ4n) is 2.61. The van der Waals surface area contributed by atoms with Gasteiger partial charge in [0.15, 0.2) is 5.82 Å². The van der Waals surface area contributed by atoms with Crippen molar-refractivity contribution in [3.05, 3.63) is 52.5 Å². The number of halogens is 1. The van der Waals surface area contributed by atoms with Crippen LogP contribution in [0.15, 0.2) is 46.9 Å². The highest BCUT2D eigenvalue weighted by molar-refractivity contribution is 9.10. The Hall–Kier alpha value is -1.79. The molecule has 0 aliphatic carbocycles. The highest BCUT2D eigenvalue weighted by Crippen LogP contribution is 2.49. The summed E-state index contributed by atoms with van der Waals surface area (Å²) in [5, 5.41) is 4.07. The Morgan fingerprint density at radius 3 is 2.38 bits per heavy atom. The van der Waals surface area contributed by atoms with Gasteiger partial charge in [-0.15, -0.1) is 0 Å². The maximum Gasteiger partial charge on any atom is 0.334 e. The topological polar surface area (TPSA) is 73.3 Å². The van der Waals surface area contributed by atoms with Crippen LogP contribution < -0.4 is 5.32 Å². The first-order chi connectivity index (χ1) is 12.5. The molecule has 0 saturated carbocycles. The van der Waals surface area contributed by atoms with Gasteiger partial charge in [0.2, 0.25) is 0 Å². The highest BCUT2D eigenvalue weighted by atomic mass is 79.9. The van der Waals surface area contributed by atoms with Crippen molar-refractivity contribution in [1.82, 2.24) is 9.97 Å². The van der Waals surface area contributed by atoms with Crippen LogP contribution in [0.4, 0.5) is 5.82 Å². The zero-order valence-corrected chi connectivity index (χ0v) is 17.2. The van der Waals surface area contributed by atoms with Crippen molar-refractivity contribution in [1.29, 1.82) is 0 Å². The van der Waals surface area contributed by atoms with Gasteiger partial charge >= 0.3 is 7.60 Å². The predicted molar refractivity (Wildman–Crippen MR) is 108 cm³/mol. The molecule has 0 aliphatic rings. The zero-order chi connectivity index (χ0) is 18.7. The molecule has 3 rings (SSSR count). The lowest BCUT2D eigenvalue weighted by Crippen LogP contribution is -1.99. The number of aromatic nitrogens is 2. The molecule has 0 amide bonds. The number of rotatable bonds is 6. The van der Waals surface area contributed by atoms with Gasteiger partial charge in [-0.25, -0.2) is 9.97 Å². The standard InChI is InChI=1S/C18H19BrN3O3P/c1-20-18-15-10-14(19)8-9-16(15)21-17(22-18)13-6-4-12(5-7-13)11-26(23,24-2)25-3/h4-10H,11H2,1-3H3,(H,20,21,22). The second-order valence-electron chi connectivity index (χ2n) is 5.64. The van der Waals surface area contributed by atoms with Crippen molar-refractivity contribution in [3.8, 4) is 11.4 Å². The van der Waals surface area contributed by atoms with Crippen molar-refractivity contribution in [3.63, 3.8) is 0 Å². The summed E-state index contributed by atoms with van der Waals surface area (Å²) in [6.07, 6.45) is 0.217. The molecule has 0 spiro atoms. The molecule has 1 aromatic heterocycles. The van der Waals surface area contributed by atoms with Crippen LogP contribution in [0.2, 0.25) is 0 Å². The summed E-state index contributed by atoms with van der Waals surface area (Å²) in [6.45, 7) is 0. The third-order valence-electron chi connectivity index (χ3n) is 4.04. The number of nitrogens with one attached hydrogen (secondary N) is 1. The Labute approximate surface area is 160 Å². The number of nitrogens with zero attached hydrogens (tertiary/aromatic N) is 2. The van der Waals surface area contributed by atoms with Gasteiger partial charge in [0.1, 0.15) is 5.82 Å². The summed E-state index contributed by atoms with van der Waals surface area (Å²) in [6, 6.07) is 13.5. The van der Waals surface area contributed by atoms with Crippen molar-refractivity contribution >= 4 is 40.2 Å². The molecule has 0 atom stereocenters. The first-order valence-electron chi connectivity index (χ1n) is 7.93. The molecule has 26 heavy (non-hydrogen) atoms. The van der Waals surface area contributed by atoms with E-state index in [2.05, 4.69) is 31.2 Å². The van der Waals surface area contributed by atoms with E-state index in [-0.39, 0.29) is 6.16 Å². The van der Waals surface area contributed by atoms with Crippen LogP contribution in [0.3, 0.4) is 0 Å². The van der Waals surface area contributed by atoms with E-state index >= 15 is 0 Å². The molecule has 1 N–H and O–H groups in total. The summed E-state index contributed by atoms with van der Waals surface area (Å²) in [5.41, 5.74) is 2.59. The molecule has 2 aromatic carbocycles. The van der Waals surface area contributed by atoms with E-state index in [0.717, 1.165) is 32.3 Å². The molecule has 8 heteroatoms. The first-order valence-corrected chi connectivity index (χ1v) is 10.4. The summed E-state index contributed by atoms with van der Waals surface area (Å²) in [5.74, 6) is 1.39. The smallest absolute Gasteiger partial charge is 0.334 e. The molecule has 136 valence electrons. The summed E-state index contributed by atoms with van der Waals surface area (Å²) in [4.78, 5) is 9.28. The lowest BCUT2D eigenvalue weighted by molar-refractivity contribution is 0.275. The summed E-state index contributed by atoms with van der Waals surface area (Å²) >= 11 is 3.48. The zero-order valence-electron chi connectivity index (χ0n) is 14.7. The molecule has 6 nitrogen and oxygen atoms in total. The van der Waals surface area contributed by atoms with Gasteiger partial charge in [-0.1, -0.05) is 40.2 Å². The SMILES string of the molecule is CNc1nc(-c2ccc(CP(=O)(OC)OC)cc2)nc2ccc(Br)cc12. The monoisotopic (exact) mass is 435 g/mol. The molecular weight excluding hydrogens is 417 g/mol. The molecule has 0 fully saturated rings. The van der Waals surface area contributed by atoms with Gasteiger partial charge in [-0.2, -0.15) is 0 Å². The minimum absolute atomic E-state index is 0.217. The van der Waals surface area contributed by atoms with Gasteiger partial charge in [0.05, 0.1) is 11.7 Å². The second kappa shape index (κ2) is 7.84. The Bertz CT molecular complexity index is 971. The van der Waals surface area contributed by atoms with Gasteiger partial charge in [0.25, 0.3) is 0 Å². The molecule has 0 aliphatic heterocycles. The Kier molecular flexibility index (Phi) is 5.73. The molecule has 3 aromatic rings. The van der Waals surface area contributed by atoms with Crippen LogP contribution in [0.25, 0.3) is 22.3 Å². The average molecular weight is 436 g/mol. The van der Waals surface area contributed by atoms with Gasteiger partial charge in [-0.3, -0.25) is 4.57 Å². The van der Waals surface area contributed by atoms with Gasteiger partial charge in [0, 0.05) is 36.7 Å². The molecule has 1 heterocycles. The highest BCUT2D eigenvalue weighted by Gasteiger charge is 2.21. The third-order valence-corrected chi connectivity index (χ3v) is 6.40. The van der Waals surface area contributed by atoms with E-state index < -0.39 is 7.60 Å². The number of fused-ring (bicyclic) bond motifs is 1. The van der Waals surface area contributed by atoms with Crippen LogP contribution in [0.5, 0.6) is 0 Å². The molecule has 0 unspecified atom stereocenters. The van der Waals surface area contributed by atoms with Gasteiger partial charge in [-0.05, 0) is 23.8 Å². The number of anilines is 1. The molecular formula is C18H19BrN3O3P. The van der Waals surface area contributed by atoms with Crippen LogP contribution in [-0.2, 0) is 19.8 Å². The van der Waals surface area contributed by atoms with Crippen LogP contribution in [0.1, 0.15) is 5.56 Å². The van der Waals surface area contributed by atoms with E-state index in [9.17, 15) is 4.57 Å². The largest absolute Gasteiger partial charge is 0.373 e. The normalized spacial score (nSPS) is 11.7. The van der Waals surface area contributed by atoms with Crippen molar-refractivity contribution in [2.75, 3.05) is 26.6 Å². The number of benzene rings is 2. The lowest BCUT2D eigenvalue weighted by Gasteiger charge is -2.13. The molecule has 0 bridgehead atoms. The van der Waals surface area contributed by atoms with E-state index in [4.69, 9.17) is 9.05 Å². The van der Waals surface area contributed by atoms with Crippen molar-refractivity contribution < 1.29 is 13.6 Å². The van der Waals surface area contributed by atoms with E-state index in [0.29, 0.717) is 5.82 Å². The van der Waals surface area contributed by atoms with E-state index in [1.165, 1.54) is 14.2 Å². The molecule has 0 saturated heterocycles. The lowest BCUT2D eigenvalue weighted by atomic mass is 10.1. The quantitative estimate of drug-likeness (QED) is 0.543. The fraction of sp³-hybridized carbons (Fsp3) is 0.222. The maximum absolute atomic E-state index is 12.3. The minimum Gasteiger partial charge on any atom is -0.373 e. The summed E-state index contributed by atoms with van der Waals surface area (Å²) < 4.78 is 23.2. The van der Waals surface area contributed by atoms with Gasteiger partial charge < -0.3 is 14.4 Å². The van der Waals surface area contributed by atoms with E-state index in [1.807, 2.05) is 49.5 Å². The third kappa shape index (κ3) is 3.96. The molecule has 0 radical (unpaired) electrons. The van der Waals surface area contributed by atoms with Crippen LogP contribution in [-0.4, -0.2) is 31.2 Å². The fourth-order valence-corrected chi connectivity index (χ4v) is 4.03. The van der Waals surface area contributed by atoms with Crippen molar-refractivity contribution in [2.45, 2.75) is 6.16 Å². The predicted octanol–water partition coefficient (Wildman–Crippen LogP) is 5.09. The average Bonchev–Trinajstić information content (AvgIpc) is 2.67.